The Labute approximate surface area is 189 Å². The van der Waals surface area contributed by atoms with Crippen LogP contribution in [0.1, 0.15) is 41.0 Å². The number of sulfonamides is 1. The van der Waals surface area contributed by atoms with Gasteiger partial charge in [-0.2, -0.15) is 4.31 Å². The standard InChI is InChI=1S/C25H25N3O3S/c1-4-28(5-2)32(30,31)23-15-12-19(3)24(18-23)25(29)27-22-11-8-9-20(17-22)13-14-21-10-6-7-16-26-21/h6-12,15-18H,4-5H2,1-3H3,(H,27,29). The molecule has 0 saturated carbocycles. The number of hydrogen-bond donors (Lipinski definition) is 1. The SMILES string of the molecule is CCN(CC)S(=O)(=O)c1ccc(C)c(C(=O)Nc2cccc(C#Cc3ccccn3)c2)c1. The first-order chi connectivity index (χ1) is 15.3. The fraction of sp³-hybridized carbons (Fsp3) is 0.200. The predicted molar refractivity (Wildman–Crippen MR) is 126 cm³/mol. The minimum Gasteiger partial charge on any atom is -0.322 e. The lowest BCUT2D eigenvalue weighted by Gasteiger charge is -2.19. The lowest BCUT2D eigenvalue weighted by atomic mass is 10.1. The summed E-state index contributed by atoms with van der Waals surface area (Å²) in [7, 11) is -3.66. The third-order valence-electron chi connectivity index (χ3n) is 4.92. The molecule has 0 unspecified atom stereocenters. The van der Waals surface area contributed by atoms with Crippen LogP contribution in [0.3, 0.4) is 0 Å². The summed E-state index contributed by atoms with van der Waals surface area (Å²) in [4.78, 5) is 17.2. The van der Waals surface area contributed by atoms with Gasteiger partial charge in [0.1, 0.15) is 5.69 Å². The Kier molecular flexibility index (Phi) is 7.41. The van der Waals surface area contributed by atoms with Gasteiger partial charge in [-0.3, -0.25) is 4.79 Å². The van der Waals surface area contributed by atoms with E-state index in [0.29, 0.717) is 35.6 Å². The summed E-state index contributed by atoms with van der Waals surface area (Å²) in [5.74, 6) is 5.63. The molecule has 3 aromatic rings. The van der Waals surface area contributed by atoms with E-state index in [2.05, 4.69) is 22.1 Å². The molecule has 7 heteroatoms. The van der Waals surface area contributed by atoms with E-state index >= 15 is 0 Å². The van der Waals surface area contributed by atoms with Gasteiger partial charge in [-0.15, -0.1) is 0 Å². The largest absolute Gasteiger partial charge is 0.322 e. The zero-order chi connectivity index (χ0) is 23.1. The van der Waals surface area contributed by atoms with Gasteiger partial charge in [-0.25, -0.2) is 13.4 Å². The molecule has 0 bridgehead atoms. The molecule has 6 nitrogen and oxygen atoms in total. The Morgan fingerprint density at radius 3 is 2.47 bits per heavy atom. The molecule has 1 aromatic heterocycles. The number of nitrogens with zero attached hydrogens (tertiary/aromatic N) is 2. The molecule has 0 fully saturated rings. The van der Waals surface area contributed by atoms with Crippen molar-refractivity contribution < 1.29 is 13.2 Å². The number of aromatic nitrogens is 1. The lowest BCUT2D eigenvalue weighted by molar-refractivity contribution is 0.102. The van der Waals surface area contributed by atoms with Gasteiger partial charge in [-0.05, 0) is 60.9 Å². The number of amides is 1. The molecule has 0 aliphatic heterocycles. The van der Waals surface area contributed by atoms with Crippen molar-refractivity contribution >= 4 is 21.6 Å². The molecule has 0 radical (unpaired) electrons. The van der Waals surface area contributed by atoms with Crippen LogP contribution < -0.4 is 5.32 Å². The molecule has 1 heterocycles. The Hall–Kier alpha value is -3.47. The van der Waals surface area contributed by atoms with E-state index in [1.54, 1.807) is 51.2 Å². The van der Waals surface area contributed by atoms with Crippen LogP contribution in [0.5, 0.6) is 0 Å². The summed E-state index contributed by atoms with van der Waals surface area (Å²) in [6.07, 6.45) is 1.68. The van der Waals surface area contributed by atoms with Crippen molar-refractivity contribution in [3.8, 4) is 11.8 Å². The van der Waals surface area contributed by atoms with Crippen LogP contribution in [0.15, 0.2) is 71.8 Å². The molecule has 2 aromatic carbocycles. The highest BCUT2D eigenvalue weighted by Crippen LogP contribution is 2.21. The monoisotopic (exact) mass is 447 g/mol. The number of anilines is 1. The fourth-order valence-corrected chi connectivity index (χ4v) is 4.65. The van der Waals surface area contributed by atoms with E-state index in [1.165, 1.54) is 16.4 Å². The van der Waals surface area contributed by atoms with Crippen LogP contribution in [-0.4, -0.2) is 36.7 Å². The van der Waals surface area contributed by atoms with Gasteiger partial charge < -0.3 is 5.32 Å². The van der Waals surface area contributed by atoms with Gasteiger partial charge in [0.15, 0.2) is 0 Å². The maximum Gasteiger partial charge on any atom is 0.255 e. The molecule has 3 rings (SSSR count). The van der Waals surface area contributed by atoms with Crippen molar-refractivity contribution in [2.45, 2.75) is 25.7 Å². The van der Waals surface area contributed by atoms with Gasteiger partial charge >= 0.3 is 0 Å². The zero-order valence-corrected chi connectivity index (χ0v) is 19.1. The summed E-state index contributed by atoms with van der Waals surface area (Å²) in [5, 5.41) is 2.84. The van der Waals surface area contributed by atoms with Gasteiger partial charge in [0, 0.05) is 36.1 Å². The number of aryl methyl sites for hydroxylation is 1. The van der Waals surface area contributed by atoms with Gasteiger partial charge in [-0.1, -0.05) is 38.0 Å². The van der Waals surface area contributed by atoms with Crippen LogP contribution in [0.2, 0.25) is 0 Å². The van der Waals surface area contributed by atoms with Crippen LogP contribution in [-0.2, 0) is 10.0 Å². The van der Waals surface area contributed by atoms with Gasteiger partial charge in [0.2, 0.25) is 10.0 Å². The Bertz CT molecular complexity index is 1270. The van der Waals surface area contributed by atoms with E-state index < -0.39 is 10.0 Å². The minimum absolute atomic E-state index is 0.104. The molecular weight excluding hydrogens is 422 g/mol. The highest BCUT2D eigenvalue weighted by Gasteiger charge is 2.23. The van der Waals surface area contributed by atoms with Crippen LogP contribution in [0.4, 0.5) is 5.69 Å². The molecule has 0 spiro atoms. The first-order valence-corrected chi connectivity index (χ1v) is 11.7. The van der Waals surface area contributed by atoms with Crippen molar-refractivity contribution in [1.82, 2.24) is 9.29 Å². The summed E-state index contributed by atoms with van der Waals surface area (Å²) < 4.78 is 27.1. The molecule has 164 valence electrons. The molecule has 0 saturated heterocycles. The lowest BCUT2D eigenvalue weighted by Crippen LogP contribution is -2.30. The zero-order valence-electron chi connectivity index (χ0n) is 18.3. The second-order valence-electron chi connectivity index (χ2n) is 7.07. The first-order valence-electron chi connectivity index (χ1n) is 10.3. The van der Waals surface area contributed by atoms with Gasteiger partial charge in [0.25, 0.3) is 5.91 Å². The third-order valence-corrected chi connectivity index (χ3v) is 6.96. The number of rotatable bonds is 6. The van der Waals surface area contributed by atoms with Crippen molar-refractivity contribution in [2.75, 3.05) is 18.4 Å². The number of carbonyl (C=O) groups is 1. The van der Waals surface area contributed by atoms with Crippen molar-refractivity contribution in [1.29, 1.82) is 0 Å². The molecule has 0 aliphatic rings. The summed E-state index contributed by atoms with van der Waals surface area (Å²) in [6.45, 7) is 6.07. The Balaban J connectivity index is 1.84. The average Bonchev–Trinajstić information content (AvgIpc) is 2.79. The molecule has 0 atom stereocenters. The highest BCUT2D eigenvalue weighted by atomic mass is 32.2. The topological polar surface area (TPSA) is 79.4 Å². The smallest absolute Gasteiger partial charge is 0.255 e. The first kappa shape index (κ1) is 23.2. The minimum atomic E-state index is -3.66. The number of carbonyl (C=O) groups excluding carboxylic acids is 1. The second-order valence-corrected chi connectivity index (χ2v) is 9.00. The highest BCUT2D eigenvalue weighted by molar-refractivity contribution is 7.89. The van der Waals surface area contributed by atoms with Crippen molar-refractivity contribution in [2.24, 2.45) is 0 Å². The molecule has 1 amide bonds. The molecular formula is C25H25N3O3S. The average molecular weight is 448 g/mol. The van der Waals surface area contributed by atoms with Crippen LogP contribution in [0, 0.1) is 18.8 Å². The Morgan fingerprint density at radius 1 is 1.00 bits per heavy atom. The maximum absolute atomic E-state index is 12.9. The quantitative estimate of drug-likeness (QED) is 0.578. The molecule has 1 N–H and O–H groups in total. The van der Waals surface area contributed by atoms with Crippen molar-refractivity contribution in [3.05, 3.63) is 89.2 Å². The maximum atomic E-state index is 12.9. The summed E-state index contributed by atoms with van der Waals surface area (Å²) in [5.41, 5.74) is 2.95. The fourth-order valence-electron chi connectivity index (χ4n) is 3.16. The summed E-state index contributed by atoms with van der Waals surface area (Å²) >= 11 is 0. The third kappa shape index (κ3) is 5.41. The number of pyridine rings is 1. The summed E-state index contributed by atoms with van der Waals surface area (Å²) in [6, 6.07) is 17.3. The molecule has 0 aliphatic carbocycles. The van der Waals surface area contributed by atoms with E-state index in [0.717, 1.165) is 5.56 Å². The normalized spacial score (nSPS) is 11.0. The van der Waals surface area contributed by atoms with E-state index in [1.807, 2.05) is 24.3 Å². The van der Waals surface area contributed by atoms with E-state index in [4.69, 9.17) is 0 Å². The van der Waals surface area contributed by atoms with E-state index in [-0.39, 0.29) is 10.8 Å². The second kappa shape index (κ2) is 10.2. The number of hydrogen-bond acceptors (Lipinski definition) is 4. The van der Waals surface area contributed by atoms with Gasteiger partial charge in [0.05, 0.1) is 4.90 Å². The number of nitrogens with one attached hydrogen (secondary N) is 1. The van der Waals surface area contributed by atoms with E-state index in [9.17, 15) is 13.2 Å². The molecule has 32 heavy (non-hydrogen) atoms. The van der Waals surface area contributed by atoms with Crippen LogP contribution >= 0.6 is 0 Å². The van der Waals surface area contributed by atoms with Crippen LogP contribution in [0.25, 0.3) is 0 Å². The number of benzene rings is 2. The Morgan fingerprint density at radius 2 is 1.78 bits per heavy atom. The predicted octanol–water partition coefficient (Wildman–Crippen LogP) is 4.07. The van der Waals surface area contributed by atoms with Crippen molar-refractivity contribution in [3.63, 3.8) is 0 Å².